The number of carbonyl (C=O) groups is 2. The number of nitrogens with zero attached hydrogens (tertiary/aromatic N) is 1. The molecule has 3 aromatic rings. The average Bonchev–Trinajstić information content (AvgIpc) is 3.04. The monoisotopic (exact) mass is 403 g/mol. The minimum absolute atomic E-state index is 0.0900. The first-order valence-electron chi connectivity index (χ1n) is 10.5. The van der Waals surface area contributed by atoms with Gasteiger partial charge in [-0.3, -0.25) is 9.59 Å². The van der Waals surface area contributed by atoms with Crippen LogP contribution in [0.15, 0.2) is 40.8 Å². The average molecular weight is 403 g/mol. The van der Waals surface area contributed by atoms with Crippen molar-refractivity contribution in [2.45, 2.75) is 45.6 Å². The van der Waals surface area contributed by atoms with Crippen molar-refractivity contribution in [1.29, 1.82) is 0 Å². The van der Waals surface area contributed by atoms with Crippen LogP contribution in [0.1, 0.15) is 56.9 Å². The number of piperidine rings is 1. The quantitative estimate of drug-likeness (QED) is 0.574. The first-order valence-corrected chi connectivity index (χ1v) is 10.5. The van der Waals surface area contributed by atoms with E-state index in [2.05, 4.69) is 0 Å². The topological polar surface area (TPSA) is 59.8 Å². The van der Waals surface area contributed by atoms with Crippen molar-refractivity contribution in [2.75, 3.05) is 13.1 Å². The summed E-state index contributed by atoms with van der Waals surface area (Å²) in [4.78, 5) is 27.9. The number of para-hydroxylation sites is 1. The van der Waals surface area contributed by atoms with Crippen LogP contribution in [0.25, 0.3) is 11.0 Å². The van der Waals surface area contributed by atoms with Gasteiger partial charge in [0.25, 0.3) is 5.91 Å². The Hall–Kier alpha value is -3.08. The van der Waals surface area contributed by atoms with Gasteiger partial charge in [0.1, 0.15) is 16.9 Å². The second-order valence-electron chi connectivity index (χ2n) is 8.68. The van der Waals surface area contributed by atoms with Crippen LogP contribution in [0.5, 0.6) is 5.75 Å². The number of ether oxygens (including phenoxy) is 1. The molecule has 1 amide bonds. The maximum absolute atomic E-state index is 13.1. The van der Waals surface area contributed by atoms with Gasteiger partial charge >= 0.3 is 0 Å². The summed E-state index contributed by atoms with van der Waals surface area (Å²) >= 11 is 0. The van der Waals surface area contributed by atoms with Crippen molar-refractivity contribution in [3.05, 3.63) is 64.4 Å². The van der Waals surface area contributed by atoms with E-state index in [4.69, 9.17) is 9.15 Å². The number of ketones is 1. The van der Waals surface area contributed by atoms with E-state index >= 15 is 0 Å². The molecule has 1 fully saturated rings. The molecule has 0 radical (unpaired) electrons. The Morgan fingerprint density at radius 1 is 1.07 bits per heavy atom. The summed E-state index contributed by atoms with van der Waals surface area (Å²) in [6.07, 6.45) is 1.64. The molecular weight excluding hydrogens is 378 g/mol. The summed E-state index contributed by atoms with van der Waals surface area (Å²) in [5.41, 5.74) is 3.85. The molecule has 1 aromatic heterocycles. The van der Waals surface area contributed by atoms with Gasteiger partial charge in [-0.25, -0.2) is 0 Å². The lowest BCUT2D eigenvalue weighted by molar-refractivity contribution is -0.00649. The van der Waals surface area contributed by atoms with Gasteiger partial charge in [-0.1, -0.05) is 24.3 Å². The predicted molar refractivity (Wildman–Crippen MR) is 114 cm³/mol. The number of Topliss-reactive ketones (excluding diaryl/α,β-unsaturated/α-hetero) is 1. The van der Waals surface area contributed by atoms with Crippen molar-refractivity contribution < 1.29 is 18.7 Å². The first-order chi connectivity index (χ1) is 14.4. The SMILES string of the molecule is Cc1cc(C)c2c(c1)OC1(CCN(C(=O)c3oc4ccccc4c3C)CC1)CC2=O. The van der Waals surface area contributed by atoms with Crippen LogP contribution in [-0.4, -0.2) is 35.3 Å². The van der Waals surface area contributed by atoms with Crippen molar-refractivity contribution in [2.24, 2.45) is 0 Å². The van der Waals surface area contributed by atoms with Crippen LogP contribution in [0.4, 0.5) is 0 Å². The lowest BCUT2D eigenvalue weighted by Gasteiger charge is -2.44. The van der Waals surface area contributed by atoms with E-state index in [-0.39, 0.29) is 11.7 Å². The number of hydrogen-bond donors (Lipinski definition) is 0. The van der Waals surface area contributed by atoms with E-state index in [1.807, 2.05) is 62.1 Å². The minimum Gasteiger partial charge on any atom is -0.486 e. The summed E-state index contributed by atoms with van der Waals surface area (Å²) in [7, 11) is 0. The molecule has 0 atom stereocenters. The number of benzene rings is 2. The molecule has 2 aliphatic heterocycles. The van der Waals surface area contributed by atoms with Crippen LogP contribution in [0.2, 0.25) is 0 Å². The Morgan fingerprint density at radius 2 is 1.80 bits per heavy atom. The number of hydrogen-bond acceptors (Lipinski definition) is 4. The smallest absolute Gasteiger partial charge is 0.289 e. The summed E-state index contributed by atoms with van der Waals surface area (Å²) in [6, 6.07) is 11.7. The van der Waals surface area contributed by atoms with Crippen LogP contribution in [0, 0.1) is 20.8 Å². The zero-order chi connectivity index (χ0) is 21.0. The van der Waals surface area contributed by atoms with Gasteiger partial charge in [-0.15, -0.1) is 0 Å². The molecule has 1 spiro atoms. The van der Waals surface area contributed by atoms with Crippen LogP contribution >= 0.6 is 0 Å². The molecule has 5 nitrogen and oxygen atoms in total. The highest BCUT2D eigenvalue weighted by molar-refractivity contribution is 6.02. The largest absolute Gasteiger partial charge is 0.486 e. The fourth-order valence-corrected chi connectivity index (χ4v) is 4.93. The molecule has 154 valence electrons. The fourth-order valence-electron chi connectivity index (χ4n) is 4.93. The number of carbonyl (C=O) groups excluding carboxylic acids is 2. The Labute approximate surface area is 175 Å². The van der Waals surface area contributed by atoms with Crippen molar-refractivity contribution in [3.8, 4) is 5.75 Å². The van der Waals surface area contributed by atoms with E-state index < -0.39 is 5.60 Å². The second kappa shape index (κ2) is 6.73. The number of amides is 1. The summed E-state index contributed by atoms with van der Waals surface area (Å²) in [5.74, 6) is 1.15. The molecule has 0 unspecified atom stereocenters. The van der Waals surface area contributed by atoms with Crippen LogP contribution in [-0.2, 0) is 0 Å². The van der Waals surface area contributed by atoms with Gasteiger partial charge in [0.2, 0.25) is 0 Å². The van der Waals surface area contributed by atoms with Crippen molar-refractivity contribution in [1.82, 2.24) is 4.90 Å². The Kier molecular flexibility index (Phi) is 4.24. The minimum atomic E-state index is -0.524. The van der Waals surface area contributed by atoms with Crippen molar-refractivity contribution >= 4 is 22.7 Å². The maximum atomic E-state index is 13.1. The molecule has 0 N–H and O–H groups in total. The highest BCUT2D eigenvalue weighted by Gasteiger charge is 2.44. The van der Waals surface area contributed by atoms with Gasteiger partial charge in [-0.05, 0) is 44.0 Å². The molecule has 0 bridgehead atoms. The molecule has 0 saturated carbocycles. The Morgan fingerprint density at radius 3 is 2.53 bits per heavy atom. The highest BCUT2D eigenvalue weighted by atomic mass is 16.5. The third-order valence-electron chi connectivity index (χ3n) is 6.53. The highest BCUT2D eigenvalue weighted by Crippen LogP contribution is 2.41. The van der Waals surface area contributed by atoms with E-state index in [1.165, 1.54) is 0 Å². The molecule has 5 rings (SSSR count). The molecule has 30 heavy (non-hydrogen) atoms. The molecule has 0 aliphatic carbocycles. The summed E-state index contributed by atoms with van der Waals surface area (Å²) in [6.45, 7) is 6.99. The van der Waals surface area contributed by atoms with E-state index in [9.17, 15) is 9.59 Å². The molecule has 2 aromatic carbocycles. The Bertz CT molecular complexity index is 1180. The van der Waals surface area contributed by atoms with Gasteiger partial charge in [0.15, 0.2) is 11.5 Å². The number of likely N-dealkylation sites (tertiary alicyclic amines) is 1. The number of furan rings is 1. The standard InChI is InChI=1S/C25H25NO4/c1-15-12-16(2)22-19(27)14-25(30-21(22)13-15)8-10-26(11-9-25)24(28)23-17(3)18-6-4-5-7-20(18)29-23/h4-7,12-13H,8-11,14H2,1-3H3. The summed E-state index contributed by atoms with van der Waals surface area (Å²) in [5, 5.41) is 0.970. The second-order valence-corrected chi connectivity index (χ2v) is 8.68. The van der Waals surface area contributed by atoms with Gasteiger partial charge < -0.3 is 14.1 Å². The van der Waals surface area contributed by atoms with Gasteiger partial charge in [0.05, 0.1) is 12.0 Å². The number of aryl methyl sites for hydroxylation is 3. The van der Waals surface area contributed by atoms with Crippen molar-refractivity contribution in [3.63, 3.8) is 0 Å². The third-order valence-corrected chi connectivity index (χ3v) is 6.53. The molecule has 2 aliphatic rings. The first kappa shape index (κ1) is 18.9. The third kappa shape index (κ3) is 2.92. The zero-order valence-electron chi connectivity index (χ0n) is 17.6. The van der Waals surface area contributed by atoms with Crippen LogP contribution in [0.3, 0.4) is 0 Å². The lowest BCUT2D eigenvalue weighted by Crippen LogP contribution is -2.52. The molecule has 1 saturated heterocycles. The molecular formula is C25H25NO4. The molecule has 3 heterocycles. The predicted octanol–water partition coefficient (Wildman–Crippen LogP) is 5.00. The van der Waals surface area contributed by atoms with E-state index in [0.717, 1.165) is 27.7 Å². The fraction of sp³-hybridized carbons (Fsp3) is 0.360. The summed E-state index contributed by atoms with van der Waals surface area (Å²) < 4.78 is 12.3. The molecule has 5 heteroatoms. The maximum Gasteiger partial charge on any atom is 0.289 e. The van der Waals surface area contributed by atoms with E-state index in [1.54, 1.807) is 0 Å². The normalized spacial score (nSPS) is 17.8. The van der Waals surface area contributed by atoms with Crippen LogP contribution < -0.4 is 4.74 Å². The lowest BCUT2D eigenvalue weighted by atomic mass is 9.81. The zero-order valence-corrected chi connectivity index (χ0v) is 17.6. The number of fused-ring (bicyclic) bond motifs is 2. The Balaban J connectivity index is 1.36. The van der Waals surface area contributed by atoms with Gasteiger partial charge in [-0.2, -0.15) is 0 Å². The van der Waals surface area contributed by atoms with E-state index in [0.29, 0.717) is 49.4 Å². The number of rotatable bonds is 1. The van der Waals surface area contributed by atoms with Gasteiger partial charge in [0, 0.05) is 36.9 Å².